The van der Waals surface area contributed by atoms with Crippen molar-refractivity contribution in [1.29, 1.82) is 0 Å². The lowest BCUT2D eigenvalue weighted by Gasteiger charge is -2.07. The molecule has 1 aliphatic rings. The summed E-state index contributed by atoms with van der Waals surface area (Å²) >= 11 is 3.47. The average molecular weight is 281 g/mol. The molecule has 0 fully saturated rings. The molecule has 82 valence electrons. The number of hydrogen-bond acceptors (Lipinski definition) is 4. The Bertz CT molecular complexity index is 598. The number of halogens is 1. The van der Waals surface area contributed by atoms with Crippen molar-refractivity contribution in [3.05, 3.63) is 21.9 Å². The molecule has 0 unspecified atom stereocenters. The molecule has 1 aliphatic heterocycles. The van der Waals surface area contributed by atoms with E-state index in [2.05, 4.69) is 25.9 Å². The van der Waals surface area contributed by atoms with E-state index in [0.717, 1.165) is 22.2 Å². The summed E-state index contributed by atoms with van der Waals surface area (Å²) in [5.74, 6) is 1.32. The molecule has 0 aliphatic carbocycles. The van der Waals surface area contributed by atoms with E-state index in [0.29, 0.717) is 23.3 Å². The van der Waals surface area contributed by atoms with Crippen molar-refractivity contribution in [1.82, 2.24) is 9.97 Å². The van der Waals surface area contributed by atoms with Crippen molar-refractivity contribution >= 4 is 26.8 Å². The Balaban J connectivity index is 2.48. The summed E-state index contributed by atoms with van der Waals surface area (Å²) in [7, 11) is 0. The van der Waals surface area contributed by atoms with Crippen LogP contribution >= 0.6 is 15.9 Å². The third kappa shape index (κ3) is 1.28. The van der Waals surface area contributed by atoms with Crippen molar-refractivity contribution in [3.8, 4) is 11.6 Å². The van der Waals surface area contributed by atoms with Gasteiger partial charge in [-0.1, -0.05) is 15.9 Å². The molecule has 0 saturated carbocycles. The van der Waals surface area contributed by atoms with E-state index < -0.39 is 0 Å². The summed E-state index contributed by atoms with van der Waals surface area (Å²) in [6.07, 6.45) is 0.871. The summed E-state index contributed by atoms with van der Waals surface area (Å²) < 4.78 is 6.51. The molecule has 3 rings (SSSR count). The van der Waals surface area contributed by atoms with Gasteiger partial charge in [-0.3, -0.25) is 0 Å². The predicted molar refractivity (Wildman–Crippen MR) is 62.8 cm³/mol. The first-order valence-corrected chi connectivity index (χ1v) is 5.77. The number of hydrogen-bond donors (Lipinski definition) is 1. The maximum Gasteiger partial charge on any atom is 0.222 e. The first kappa shape index (κ1) is 9.84. The van der Waals surface area contributed by atoms with Gasteiger partial charge < -0.3 is 9.84 Å². The van der Waals surface area contributed by atoms with Crippen molar-refractivity contribution in [2.24, 2.45) is 0 Å². The first-order valence-electron chi connectivity index (χ1n) is 4.98. The number of rotatable bonds is 0. The number of nitrogens with zero attached hydrogens (tertiary/aromatic N) is 2. The van der Waals surface area contributed by atoms with Gasteiger partial charge in [0.2, 0.25) is 5.88 Å². The van der Waals surface area contributed by atoms with Crippen LogP contribution in [0.2, 0.25) is 0 Å². The summed E-state index contributed by atoms with van der Waals surface area (Å²) in [6, 6.07) is 1.84. The second-order valence-corrected chi connectivity index (χ2v) is 4.61. The molecule has 0 amide bonds. The molecule has 0 radical (unpaired) electrons. The fourth-order valence-electron chi connectivity index (χ4n) is 1.98. The molecule has 0 saturated heterocycles. The smallest absolute Gasteiger partial charge is 0.222 e. The molecule has 1 N–H and O–H groups in total. The van der Waals surface area contributed by atoms with Gasteiger partial charge in [-0.15, -0.1) is 0 Å². The van der Waals surface area contributed by atoms with Crippen molar-refractivity contribution in [2.75, 3.05) is 6.61 Å². The molecule has 2 aromatic rings. The second kappa shape index (κ2) is 3.31. The predicted octanol–water partition coefficient (Wildman–Crippen LogP) is 2.34. The molecule has 0 spiro atoms. The van der Waals surface area contributed by atoms with Crippen LogP contribution in [0, 0.1) is 6.92 Å². The highest BCUT2D eigenvalue weighted by atomic mass is 79.9. The van der Waals surface area contributed by atoms with Crippen molar-refractivity contribution in [3.63, 3.8) is 0 Å². The van der Waals surface area contributed by atoms with Crippen LogP contribution in [-0.4, -0.2) is 21.7 Å². The van der Waals surface area contributed by atoms with Crippen LogP contribution in [-0.2, 0) is 6.42 Å². The molecule has 4 nitrogen and oxygen atoms in total. The van der Waals surface area contributed by atoms with E-state index >= 15 is 0 Å². The Morgan fingerprint density at radius 3 is 3.06 bits per heavy atom. The van der Waals surface area contributed by atoms with Gasteiger partial charge in [0.25, 0.3) is 0 Å². The molecule has 1 aromatic heterocycles. The molecule has 1 aromatic carbocycles. The SMILES string of the molecule is Cc1nc(O)c2cc(Br)c3c(c2n1)OCC3. The summed E-state index contributed by atoms with van der Waals surface area (Å²) in [5, 5.41) is 10.4. The Labute approximate surface area is 100 Å². The minimum atomic E-state index is 0.00139. The average Bonchev–Trinajstić information content (AvgIpc) is 2.69. The fraction of sp³-hybridized carbons (Fsp3) is 0.273. The van der Waals surface area contributed by atoms with Crippen LogP contribution in [0.15, 0.2) is 10.5 Å². The van der Waals surface area contributed by atoms with Gasteiger partial charge in [0.15, 0.2) is 0 Å². The minimum absolute atomic E-state index is 0.00139. The number of fused-ring (bicyclic) bond motifs is 3. The molecule has 16 heavy (non-hydrogen) atoms. The highest BCUT2D eigenvalue weighted by Crippen LogP contribution is 2.40. The summed E-state index contributed by atoms with van der Waals surface area (Å²) in [5.41, 5.74) is 1.81. The number of ether oxygens (including phenoxy) is 1. The normalized spacial score (nSPS) is 13.9. The molecular weight excluding hydrogens is 272 g/mol. The van der Waals surface area contributed by atoms with Crippen LogP contribution in [0.1, 0.15) is 11.4 Å². The quantitative estimate of drug-likeness (QED) is 0.805. The zero-order valence-electron chi connectivity index (χ0n) is 8.62. The van der Waals surface area contributed by atoms with Crippen LogP contribution in [0.3, 0.4) is 0 Å². The maximum absolute atomic E-state index is 9.78. The Kier molecular flexibility index (Phi) is 2.04. The zero-order chi connectivity index (χ0) is 11.3. The van der Waals surface area contributed by atoms with Crippen LogP contribution in [0.4, 0.5) is 0 Å². The van der Waals surface area contributed by atoms with Crippen LogP contribution < -0.4 is 4.74 Å². The summed E-state index contributed by atoms with van der Waals surface area (Å²) in [6.45, 7) is 2.42. The second-order valence-electron chi connectivity index (χ2n) is 3.76. The Hall–Kier alpha value is -1.36. The Morgan fingerprint density at radius 1 is 1.44 bits per heavy atom. The first-order chi connectivity index (χ1) is 7.66. The van der Waals surface area contributed by atoms with E-state index in [4.69, 9.17) is 4.74 Å². The van der Waals surface area contributed by atoms with Crippen molar-refractivity contribution in [2.45, 2.75) is 13.3 Å². The standard InChI is InChI=1S/C11H9BrN2O2/c1-5-13-9-7(11(15)14-5)4-8(12)6-2-3-16-10(6)9/h4H,2-3H2,1H3,(H,13,14,15). The van der Waals surface area contributed by atoms with Crippen LogP contribution in [0.25, 0.3) is 10.9 Å². The van der Waals surface area contributed by atoms with E-state index in [1.54, 1.807) is 6.92 Å². The molecule has 0 bridgehead atoms. The number of aryl methyl sites for hydroxylation is 1. The van der Waals surface area contributed by atoms with Crippen molar-refractivity contribution < 1.29 is 9.84 Å². The third-order valence-corrected chi connectivity index (χ3v) is 3.39. The maximum atomic E-state index is 9.78. The van der Waals surface area contributed by atoms with Gasteiger partial charge in [-0.25, -0.2) is 4.98 Å². The number of benzene rings is 1. The largest absolute Gasteiger partial charge is 0.493 e. The van der Waals surface area contributed by atoms with Crippen LogP contribution in [0.5, 0.6) is 11.6 Å². The third-order valence-electron chi connectivity index (χ3n) is 2.68. The molecule has 0 atom stereocenters. The highest BCUT2D eigenvalue weighted by Gasteiger charge is 2.21. The number of aromatic nitrogens is 2. The van der Waals surface area contributed by atoms with Gasteiger partial charge in [0, 0.05) is 16.5 Å². The van der Waals surface area contributed by atoms with E-state index in [1.165, 1.54) is 0 Å². The topological polar surface area (TPSA) is 55.2 Å². The lowest BCUT2D eigenvalue weighted by atomic mass is 10.1. The molecule has 2 heterocycles. The van der Waals surface area contributed by atoms with E-state index in [1.807, 2.05) is 6.07 Å². The zero-order valence-corrected chi connectivity index (χ0v) is 10.2. The van der Waals surface area contributed by atoms with Gasteiger partial charge in [0.05, 0.1) is 12.0 Å². The van der Waals surface area contributed by atoms with Gasteiger partial charge >= 0.3 is 0 Å². The lowest BCUT2D eigenvalue weighted by molar-refractivity contribution is 0.359. The monoisotopic (exact) mass is 280 g/mol. The summed E-state index contributed by atoms with van der Waals surface area (Å²) in [4.78, 5) is 8.27. The molecule has 5 heteroatoms. The van der Waals surface area contributed by atoms with Gasteiger partial charge in [-0.2, -0.15) is 4.98 Å². The fourth-order valence-corrected chi connectivity index (χ4v) is 2.59. The molecular formula is C11H9BrN2O2. The number of aromatic hydroxyl groups is 1. The van der Waals surface area contributed by atoms with E-state index in [9.17, 15) is 5.11 Å². The minimum Gasteiger partial charge on any atom is -0.493 e. The van der Waals surface area contributed by atoms with Gasteiger partial charge in [0.1, 0.15) is 17.1 Å². The lowest BCUT2D eigenvalue weighted by Crippen LogP contribution is -1.93. The van der Waals surface area contributed by atoms with E-state index in [-0.39, 0.29) is 5.88 Å². The van der Waals surface area contributed by atoms with Gasteiger partial charge in [-0.05, 0) is 13.0 Å². The Morgan fingerprint density at radius 2 is 2.25 bits per heavy atom. The highest BCUT2D eigenvalue weighted by molar-refractivity contribution is 9.10.